The lowest BCUT2D eigenvalue weighted by Crippen LogP contribution is -2.39. The van der Waals surface area contributed by atoms with Gasteiger partial charge in [-0.15, -0.1) is 0 Å². The monoisotopic (exact) mass is 289 g/mol. The SMILES string of the molecule is CCCN1CCC(Nc2ccc(C(=O)N(C)C)cc2)CC1. The van der Waals surface area contributed by atoms with Crippen LogP contribution in [0, 0.1) is 0 Å². The zero-order chi connectivity index (χ0) is 15.2. The molecule has 1 saturated heterocycles. The Morgan fingerprint density at radius 2 is 1.86 bits per heavy atom. The lowest BCUT2D eigenvalue weighted by atomic mass is 10.0. The second-order valence-corrected chi connectivity index (χ2v) is 6.04. The van der Waals surface area contributed by atoms with Crippen LogP contribution in [0.4, 0.5) is 5.69 Å². The van der Waals surface area contributed by atoms with Crippen molar-refractivity contribution in [2.24, 2.45) is 0 Å². The third-order valence-electron chi connectivity index (χ3n) is 4.04. The number of likely N-dealkylation sites (tertiary alicyclic amines) is 1. The number of nitrogens with zero attached hydrogens (tertiary/aromatic N) is 2. The smallest absolute Gasteiger partial charge is 0.253 e. The van der Waals surface area contributed by atoms with Crippen molar-refractivity contribution in [2.75, 3.05) is 39.0 Å². The van der Waals surface area contributed by atoms with E-state index in [1.54, 1.807) is 19.0 Å². The molecule has 0 radical (unpaired) electrons. The minimum absolute atomic E-state index is 0.0504. The molecular formula is C17H27N3O. The molecule has 0 bridgehead atoms. The van der Waals surface area contributed by atoms with Crippen LogP contribution >= 0.6 is 0 Å². The van der Waals surface area contributed by atoms with Crippen molar-refractivity contribution in [2.45, 2.75) is 32.2 Å². The van der Waals surface area contributed by atoms with E-state index < -0.39 is 0 Å². The molecule has 1 N–H and O–H groups in total. The molecule has 0 spiro atoms. The van der Waals surface area contributed by atoms with Crippen molar-refractivity contribution in [3.63, 3.8) is 0 Å². The molecule has 0 aliphatic carbocycles. The van der Waals surface area contributed by atoms with Crippen LogP contribution in [-0.4, -0.2) is 55.5 Å². The second-order valence-electron chi connectivity index (χ2n) is 6.04. The van der Waals surface area contributed by atoms with Gasteiger partial charge in [-0.3, -0.25) is 4.79 Å². The predicted octanol–water partition coefficient (Wildman–Crippen LogP) is 2.67. The van der Waals surface area contributed by atoms with Gasteiger partial charge in [0, 0.05) is 44.5 Å². The molecular weight excluding hydrogens is 262 g/mol. The standard InChI is InChI=1S/C17H27N3O/c1-4-11-20-12-9-16(10-13-20)18-15-7-5-14(6-8-15)17(21)19(2)3/h5-8,16,18H,4,9-13H2,1-3H3. The van der Waals surface area contributed by atoms with Crippen LogP contribution < -0.4 is 5.32 Å². The largest absolute Gasteiger partial charge is 0.382 e. The third-order valence-corrected chi connectivity index (χ3v) is 4.04. The number of hydrogen-bond donors (Lipinski definition) is 1. The Hall–Kier alpha value is -1.55. The van der Waals surface area contributed by atoms with E-state index in [1.807, 2.05) is 24.3 Å². The number of nitrogens with one attached hydrogen (secondary N) is 1. The van der Waals surface area contributed by atoms with Crippen LogP contribution in [0.1, 0.15) is 36.5 Å². The van der Waals surface area contributed by atoms with Crippen molar-refractivity contribution in [3.8, 4) is 0 Å². The summed E-state index contributed by atoms with van der Waals surface area (Å²) in [5.41, 5.74) is 1.85. The fourth-order valence-electron chi connectivity index (χ4n) is 2.82. The maximum absolute atomic E-state index is 11.8. The number of anilines is 1. The second kappa shape index (κ2) is 7.46. The van der Waals surface area contributed by atoms with Gasteiger partial charge in [-0.05, 0) is 50.1 Å². The molecule has 2 rings (SSSR count). The summed E-state index contributed by atoms with van der Waals surface area (Å²) in [6.45, 7) is 5.82. The number of benzene rings is 1. The van der Waals surface area contributed by atoms with Gasteiger partial charge in [-0.25, -0.2) is 0 Å². The highest BCUT2D eigenvalue weighted by atomic mass is 16.2. The first-order valence-corrected chi connectivity index (χ1v) is 7.90. The Morgan fingerprint density at radius 3 is 2.38 bits per heavy atom. The van der Waals surface area contributed by atoms with Gasteiger partial charge < -0.3 is 15.1 Å². The molecule has 0 unspecified atom stereocenters. The summed E-state index contributed by atoms with van der Waals surface area (Å²) in [7, 11) is 3.55. The number of amides is 1. The van der Waals surface area contributed by atoms with Gasteiger partial charge in [-0.2, -0.15) is 0 Å². The van der Waals surface area contributed by atoms with E-state index in [1.165, 1.54) is 38.9 Å². The Balaban J connectivity index is 1.85. The predicted molar refractivity (Wildman–Crippen MR) is 87.8 cm³/mol. The van der Waals surface area contributed by atoms with Crippen LogP contribution in [0.25, 0.3) is 0 Å². The highest BCUT2D eigenvalue weighted by Gasteiger charge is 2.18. The fourth-order valence-corrected chi connectivity index (χ4v) is 2.82. The summed E-state index contributed by atoms with van der Waals surface area (Å²) in [4.78, 5) is 16.0. The molecule has 116 valence electrons. The lowest BCUT2D eigenvalue weighted by Gasteiger charge is -2.32. The summed E-state index contributed by atoms with van der Waals surface area (Å²) in [6.07, 6.45) is 3.62. The number of piperidine rings is 1. The molecule has 1 aromatic carbocycles. The molecule has 1 heterocycles. The molecule has 1 amide bonds. The quantitative estimate of drug-likeness (QED) is 0.905. The minimum Gasteiger partial charge on any atom is -0.382 e. The normalized spacial score (nSPS) is 16.7. The average Bonchev–Trinajstić information content (AvgIpc) is 2.49. The van der Waals surface area contributed by atoms with Crippen LogP contribution in [0.3, 0.4) is 0 Å². The average molecular weight is 289 g/mol. The molecule has 1 aliphatic heterocycles. The molecule has 0 aromatic heterocycles. The number of rotatable bonds is 5. The molecule has 4 heteroatoms. The van der Waals surface area contributed by atoms with Gasteiger partial charge in [0.15, 0.2) is 0 Å². The first kappa shape index (κ1) is 15.8. The van der Waals surface area contributed by atoms with Crippen LogP contribution in [0.2, 0.25) is 0 Å². The molecule has 1 fully saturated rings. The number of carbonyl (C=O) groups is 1. The van der Waals surface area contributed by atoms with Gasteiger partial charge in [0.2, 0.25) is 0 Å². The van der Waals surface area contributed by atoms with Gasteiger partial charge in [0.25, 0.3) is 5.91 Å². The topological polar surface area (TPSA) is 35.6 Å². The fraction of sp³-hybridized carbons (Fsp3) is 0.588. The highest BCUT2D eigenvalue weighted by molar-refractivity contribution is 5.94. The molecule has 21 heavy (non-hydrogen) atoms. The van der Waals surface area contributed by atoms with E-state index in [0.29, 0.717) is 6.04 Å². The number of carbonyl (C=O) groups excluding carboxylic acids is 1. The Labute approximate surface area is 128 Å². The van der Waals surface area contributed by atoms with E-state index in [-0.39, 0.29) is 5.91 Å². The third kappa shape index (κ3) is 4.46. The van der Waals surface area contributed by atoms with Crippen LogP contribution in [-0.2, 0) is 0 Å². The molecule has 1 aliphatic rings. The van der Waals surface area contributed by atoms with E-state index in [2.05, 4.69) is 17.1 Å². The summed E-state index contributed by atoms with van der Waals surface area (Å²) in [5, 5.41) is 3.59. The molecule has 0 saturated carbocycles. The van der Waals surface area contributed by atoms with Gasteiger partial charge in [-0.1, -0.05) is 6.92 Å². The van der Waals surface area contributed by atoms with Crippen molar-refractivity contribution in [3.05, 3.63) is 29.8 Å². The first-order valence-electron chi connectivity index (χ1n) is 7.90. The van der Waals surface area contributed by atoms with E-state index in [0.717, 1.165) is 11.3 Å². The van der Waals surface area contributed by atoms with Gasteiger partial charge >= 0.3 is 0 Å². The zero-order valence-electron chi connectivity index (χ0n) is 13.4. The maximum atomic E-state index is 11.8. The van der Waals surface area contributed by atoms with E-state index in [9.17, 15) is 4.79 Å². The Bertz CT molecular complexity index is 448. The Kier molecular flexibility index (Phi) is 5.62. The van der Waals surface area contributed by atoms with Crippen LogP contribution in [0.15, 0.2) is 24.3 Å². The van der Waals surface area contributed by atoms with Gasteiger partial charge in [0.1, 0.15) is 0 Å². The first-order chi connectivity index (χ1) is 10.1. The van der Waals surface area contributed by atoms with Gasteiger partial charge in [0.05, 0.1) is 0 Å². The Morgan fingerprint density at radius 1 is 1.24 bits per heavy atom. The summed E-state index contributed by atoms with van der Waals surface area (Å²) >= 11 is 0. The zero-order valence-corrected chi connectivity index (χ0v) is 13.4. The highest BCUT2D eigenvalue weighted by Crippen LogP contribution is 2.17. The number of hydrogen-bond acceptors (Lipinski definition) is 3. The molecule has 1 aromatic rings. The van der Waals surface area contributed by atoms with Crippen molar-refractivity contribution >= 4 is 11.6 Å². The summed E-state index contributed by atoms with van der Waals surface area (Å²) < 4.78 is 0. The van der Waals surface area contributed by atoms with Crippen molar-refractivity contribution in [1.82, 2.24) is 9.80 Å². The van der Waals surface area contributed by atoms with E-state index in [4.69, 9.17) is 0 Å². The van der Waals surface area contributed by atoms with Crippen molar-refractivity contribution < 1.29 is 4.79 Å². The van der Waals surface area contributed by atoms with Crippen molar-refractivity contribution in [1.29, 1.82) is 0 Å². The maximum Gasteiger partial charge on any atom is 0.253 e. The lowest BCUT2D eigenvalue weighted by molar-refractivity contribution is 0.0827. The van der Waals surface area contributed by atoms with E-state index >= 15 is 0 Å². The summed E-state index contributed by atoms with van der Waals surface area (Å²) in [6, 6.07) is 8.37. The molecule has 4 nitrogen and oxygen atoms in total. The minimum atomic E-state index is 0.0504. The molecule has 0 atom stereocenters. The summed E-state index contributed by atoms with van der Waals surface area (Å²) in [5.74, 6) is 0.0504. The van der Waals surface area contributed by atoms with Crippen LogP contribution in [0.5, 0.6) is 0 Å².